The molecule has 0 spiro atoms. The summed E-state index contributed by atoms with van der Waals surface area (Å²) in [4.78, 5) is 11.6. The predicted octanol–water partition coefficient (Wildman–Crippen LogP) is 2.59. The van der Waals surface area contributed by atoms with Crippen molar-refractivity contribution in [1.82, 2.24) is 0 Å². The van der Waals surface area contributed by atoms with Gasteiger partial charge < -0.3 is 11.1 Å². The number of carbonyl (C=O) groups is 1. The average Bonchev–Trinajstić information content (AvgIpc) is 2.25. The number of halogens is 1. The number of anilines is 1. The van der Waals surface area contributed by atoms with Crippen LogP contribution in [0.5, 0.6) is 0 Å². The first-order chi connectivity index (χ1) is 8.04. The molecular weight excluding hydrogens is 219 g/mol. The van der Waals surface area contributed by atoms with E-state index in [2.05, 4.69) is 5.32 Å². The van der Waals surface area contributed by atoms with Gasteiger partial charge in [0.2, 0.25) is 5.91 Å². The lowest BCUT2D eigenvalue weighted by Crippen LogP contribution is -2.27. The summed E-state index contributed by atoms with van der Waals surface area (Å²) in [6, 6.07) is 4.49. The van der Waals surface area contributed by atoms with Crippen LogP contribution < -0.4 is 11.1 Å². The van der Waals surface area contributed by atoms with Gasteiger partial charge in [-0.3, -0.25) is 4.79 Å². The third kappa shape index (κ3) is 4.15. The summed E-state index contributed by atoms with van der Waals surface area (Å²) < 4.78 is 13.2. The summed E-state index contributed by atoms with van der Waals surface area (Å²) in [6.45, 7) is 3.66. The van der Waals surface area contributed by atoms with Gasteiger partial charge in [0.1, 0.15) is 5.82 Å². The third-order valence-corrected chi connectivity index (χ3v) is 2.65. The van der Waals surface area contributed by atoms with Crippen molar-refractivity contribution < 1.29 is 9.18 Å². The lowest BCUT2D eigenvalue weighted by Gasteiger charge is -2.12. The summed E-state index contributed by atoms with van der Waals surface area (Å²) in [5, 5.41) is 2.68. The number of amides is 1. The van der Waals surface area contributed by atoms with Crippen molar-refractivity contribution in [2.45, 2.75) is 39.2 Å². The Morgan fingerprint density at radius 3 is 2.88 bits per heavy atom. The Kier molecular flexibility index (Phi) is 5.10. The molecule has 0 radical (unpaired) electrons. The van der Waals surface area contributed by atoms with Crippen molar-refractivity contribution in [3.05, 3.63) is 29.6 Å². The van der Waals surface area contributed by atoms with Crippen LogP contribution in [0.15, 0.2) is 18.2 Å². The Bertz CT molecular complexity index is 393. The number of benzene rings is 1. The van der Waals surface area contributed by atoms with Crippen LogP contribution in [-0.4, -0.2) is 11.9 Å². The highest BCUT2D eigenvalue weighted by molar-refractivity contribution is 5.91. The molecule has 0 saturated carbocycles. The zero-order valence-corrected chi connectivity index (χ0v) is 10.3. The van der Waals surface area contributed by atoms with Crippen molar-refractivity contribution in [3.8, 4) is 0 Å². The third-order valence-electron chi connectivity index (χ3n) is 2.65. The van der Waals surface area contributed by atoms with Crippen molar-refractivity contribution >= 4 is 11.6 Å². The molecule has 94 valence electrons. The molecule has 0 aliphatic heterocycles. The lowest BCUT2D eigenvalue weighted by molar-refractivity contribution is -0.116. The molecule has 3 N–H and O–H groups in total. The monoisotopic (exact) mass is 238 g/mol. The highest BCUT2D eigenvalue weighted by atomic mass is 19.1. The van der Waals surface area contributed by atoms with Gasteiger partial charge in [0.25, 0.3) is 0 Å². The van der Waals surface area contributed by atoms with Crippen LogP contribution >= 0.6 is 0 Å². The predicted molar refractivity (Wildman–Crippen MR) is 67.3 cm³/mol. The number of rotatable bonds is 5. The van der Waals surface area contributed by atoms with Crippen LogP contribution in [0.2, 0.25) is 0 Å². The Labute approximate surface area is 101 Å². The van der Waals surface area contributed by atoms with Crippen LogP contribution in [-0.2, 0) is 4.79 Å². The summed E-state index contributed by atoms with van der Waals surface area (Å²) in [7, 11) is 0. The zero-order chi connectivity index (χ0) is 12.8. The molecule has 1 amide bonds. The maximum absolute atomic E-state index is 13.2. The van der Waals surface area contributed by atoms with Crippen LogP contribution in [0.4, 0.5) is 10.1 Å². The van der Waals surface area contributed by atoms with Crippen molar-refractivity contribution in [3.63, 3.8) is 0 Å². The van der Waals surface area contributed by atoms with Crippen molar-refractivity contribution in [2.24, 2.45) is 5.73 Å². The molecule has 0 aromatic heterocycles. The van der Waals surface area contributed by atoms with Gasteiger partial charge in [0.05, 0.1) is 0 Å². The van der Waals surface area contributed by atoms with E-state index in [0.29, 0.717) is 11.3 Å². The summed E-state index contributed by atoms with van der Waals surface area (Å²) in [6.07, 6.45) is 2.03. The second-order valence-corrected chi connectivity index (χ2v) is 4.21. The average molecular weight is 238 g/mol. The van der Waals surface area contributed by atoms with E-state index in [1.807, 2.05) is 6.92 Å². The molecule has 1 rings (SSSR count). The second-order valence-electron chi connectivity index (χ2n) is 4.21. The summed E-state index contributed by atoms with van der Waals surface area (Å²) in [5.74, 6) is -0.486. The van der Waals surface area contributed by atoms with Gasteiger partial charge in [-0.25, -0.2) is 4.39 Å². The minimum atomic E-state index is -0.319. The van der Waals surface area contributed by atoms with Crippen LogP contribution in [0, 0.1) is 12.7 Å². The van der Waals surface area contributed by atoms with Gasteiger partial charge in [-0.05, 0) is 25.5 Å². The largest absolute Gasteiger partial charge is 0.327 e. The maximum atomic E-state index is 13.2. The Morgan fingerprint density at radius 2 is 2.24 bits per heavy atom. The fraction of sp³-hybridized carbons (Fsp3) is 0.462. The first-order valence-corrected chi connectivity index (χ1v) is 5.85. The molecule has 1 aromatic rings. The normalized spacial score (nSPS) is 12.2. The first kappa shape index (κ1) is 13.6. The number of hydrogen-bond acceptors (Lipinski definition) is 2. The number of hydrogen-bond donors (Lipinski definition) is 2. The Morgan fingerprint density at radius 1 is 1.53 bits per heavy atom. The Balaban J connectivity index is 2.59. The van der Waals surface area contributed by atoms with E-state index in [-0.39, 0.29) is 24.2 Å². The summed E-state index contributed by atoms with van der Waals surface area (Å²) in [5.41, 5.74) is 6.73. The number of nitrogens with one attached hydrogen (secondary N) is 1. The van der Waals surface area contributed by atoms with Gasteiger partial charge in [-0.15, -0.1) is 0 Å². The highest BCUT2D eigenvalue weighted by Crippen LogP contribution is 2.17. The van der Waals surface area contributed by atoms with Gasteiger partial charge in [-0.1, -0.05) is 19.4 Å². The molecular formula is C13H19FN2O. The maximum Gasteiger partial charge on any atom is 0.225 e. The number of nitrogens with two attached hydrogens (primary N) is 1. The van der Waals surface area contributed by atoms with Crippen LogP contribution in [0.3, 0.4) is 0 Å². The molecule has 0 saturated heterocycles. The molecule has 0 fully saturated rings. The van der Waals surface area contributed by atoms with Gasteiger partial charge in [-0.2, -0.15) is 0 Å². The van der Waals surface area contributed by atoms with E-state index in [0.717, 1.165) is 12.8 Å². The van der Waals surface area contributed by atoms with E-state index in [1.165, 1.54) is 6.07 Å². The highest BCUT2D eigenvalue weighted by Gasteiger charge is 2.11. The quantitative estimate of drug-likeness (QED) is 0.828. The van der Waals surface area contributed by atoms with Gasteiger partial charge >= 0.3 is 0 Å². The van der Waals surface area contributed by atoms with Crippen LogP contribution in [0.25, 0.3) is 0 Å². The van der Waals surface area contributed by atoms with Crippen molar-refractivity contribution in [1.29, 1.82) is 0 Å². The Hall–Kier alpha value is -1.42. The molecule has 3 nitrogen and oxygen atoms in total. The topological polar surface area (TPSA) is 55.1 Å². The second kappa shape index (κ2) is 6.35. The van der Waals surface area contributed by atoms with E-state index < -0.39 is 0 Å². The molecule has 1 unspecified atom stereocenters. The molecule has 1 aromatic carbocycles. The fourth-order valence-corrected chi connectivity index (χ4v) is 1.66. The number of carbonyl (C=O) groups excluding carboxylic acids is 1. The lowest BCUT2D eigenvalue weighted by atomic mass is 10.1. The standard InChI is InChI=1S/C13H19FN2O/c1-3-5-10(15)8-13(17)16-12-7-4-6-11(14)9(12)2/h4,6-7,10H,3,5,8,15H2,1-2H3,(H,16,17). The molecule has 0 bridgehead atoms. The summed E-state index contributed by atoms with van der Waals surface area (Å²) >= 11 is 0. The minimum absolute atomic E-state index is 0.131. The van der Waals surface area contributed by atoms with Gasteiger partial charge in [0, 0.05) is 23.7 Å². The fourth-order valence-electron chi connectivity index (χ4n) is 1.66. The molecule has 0 aliphatic rings. The van der Waals surface area contributed by atoms with Crippen molar-refractivity contribution in [2.75, 3.05) is 5.32 Å². The van der Waals surface area contributed by atoms with E-state index in [9.17, 15) is 9.18 Å². The molecule has 17 heavy (non-hydrogen) atoms. The van der Waals surface area contributed by atoms with E-state index in [4.69, 9.17) is 5.73 Å². The van der Waals surface area contributed by atoms with Gasteiger partial charge in [0.15, 0.2) is 0 Å². The molecule has 0 heterocycles. The first-order valence-electron chi connectivity index (χ1n) is 5.85. The van der Waals surface area contributed by atoms with E-state index >= 15 is 0 Å². The minimum Gasteiger partial charge on any atom is -0.327 e. The molecule has 4 heteroatoms. The smallest absolute Gasteiger partial charge is 0.225 e. The molecule has 1 atom stereocenters. The van der Waals surface area contributed by atoms with E-state index in [1.54, 1.807) is 19.1 Å². The SMILES string of the molecule is CCCC(N)CC(=O)Nc1cccc(F)c1C. The zero-order valence-electron chi connectivity index (χ0n) is 10.3. The molecule has 0 aliphatic carbocycles. The van der Waals surface area contributed by atoms with Crippen LogP contribution in [0.1, 0.15) is 31.7 Å².